The summed E-state index contributed by atoms with van der Waals surface area (Å²) in [6.07, 6.45) is -12.0. The third-order valence-electron chi connectivity index (χ3n) is 6.38. The number of hydrogen-bond acceptors (Lipinski definition) is 13. The van der Waals surface area contributed by atoms with Gasteiger partial charge in [-0.1, -0.05) is 30.3 Å². The Hall–Kier alpha value is -3.14. The number of hydrogen-bond donors (Lipinski definition) is 3. The predicted molar refractivity (Wildman–Crippen MR) is 136 cm³/mol. The number of nitrogens with one attached hydrogen (secondary N) is 1. The second kappa shape index (κ2) is 14.7. The van der Waals surface area contributed by atoms with Gasteiger partial charge in [-0.05, 0) is 12.5 Å². The number of ether oxygens (including phenoxy) is 7. The van der Waals surface area contributed by atoms with Crippen LogP contribution in [0.4, 0.5) is 0 Å². The van der Waals surface area contributed by atoms with Gasteiger partial charge in [-0.25, -0.2) is 0 Å². The van der Waals surface area contributed by atoms with E-state index in [9.17, 15) is 29.4 Å². The Morgan fingerprint density at radius 2 is 1.41 bits per heavy atom. The van der Waals surface area contributed by atoms with E-state index < -0.39 is 85.2 Å². The lowest BCUT2D eigenvalue weighted by molar-refractivity contribution is -0.340. The summed E-state index contributed by atoms with van der Waals surface area (Å²) in [4.78, 5) is 47.7. The number of amides is 1. The molecule has 0 saturated carbocycles. The Labute approximate surface area is 237 Å². The number of carbonyl (C=O) groups is 4. The lowest BCUT2D eigenvalue weighted by Gasteiger charge is -2.47. The molecule has 14 nitrogen and oxygen atoms in total. The summed E-state index contributed by atoms with van der Waals surface area (Å²) >= 11 is 0. The largest absolute Gasteiger partial charge is 0.456 e. The third kappa shape index (κ3) is 8.92. The third-order valence-corrected chi connectivity index (χ3v) is 6.38. The topological polar surface area (TPSA) is 185 Å². The number of esters is 3. The van der Waals surface area contributed by atoms with Crippen LogP contribution in [0.3, 0.4) is 0 Å². The van der Waals surface area contributed by atoms with Gasteiger partial charge in [0.05, 0.1) is 19.3 Å². The number of aliphatic hydroxyl groups is 2. The van der Waals surface area contributed by atoms with Crippen molar-refractivity contribution in [2.24, 2.45) is 0 Å². The van der Waals surface area contributed by atoms with Gasteiger partial charge in [0.25, 0.3) is 0 Å². The van der Waals surface area contributed by atoms with Gasteiger partial charge in [-0.3, -0.25) is 19.2 Å². The van der Waals surface area contributed by atoms with Crippen LogP contribution < -0.4 is 5.32 Å². The summed E-state index contributed by atoms with van der Waals surface area (Å²) in [6.45, 7) is 6.14. The lowest BCUT2D eigenvalue weighted by Crippen LogP contribution is -2.68. The molecule has 2 saturated heterocycles. The highest BCUT2D eigenvalue weighted by Gasteiger charge is 2.54. The fourth-order valence-corrected chi connectivity index (χ4v) is 4.72. The van der Waals surface area contributed by atoms with Crippen LogP contribution in [-0.2, 0) is 58.9 Å². The van der Waals surface area contributed by atoms with Gasteiger partial charge >= 0.3 is 17.9 Å². The maximum atomic E-state index is 12.0. The molecule has 2 heterocycles. The van der Waals surface area contributed by atoms with E-state index in [4.69, 9.17) is 33.2 Å². The summed E-state index contributed by atoms with van der Waals surface area (Å²) in [6, 6.07) is 7.96. The molecule has 1 aromatic carbocycles. The van der Waals surface area contributed by atoms with Crippen LogP contribution in [0, 0.1) is 0 Å². The fourth-order valence-electron chi connectivity index (χ4n) is 4.72. The van der Waals surface area contributed by atoms with Gasteiger partial charge in [0.15, 0.2) is 30.9 Å². The summed E-state index contributed by atoms with van der Waals surface area (Å²) in [5.74, 6) is -2.81. The van der Waals surface area contributed by atoms with Crippen molar-refractivity contribution < 1.29 is 62.5 Å². The zero-order valence-electron chi connectivity index (χ0n) is 23.5. The molecule has 14 heteroatoms. The maximum Gasteiger partial charge on any atom is 0.303 e. The van der Waals surface area contributed by atoms with Gasteiger partial charge in [-0.2, -0.15) is 0 Å². The first-order chi connectivity index (χ1) is 19.4. The minimum atomic E-state index is -1.64. The molecule has 2 fully saturated rings. The molecular formula is C27H37NO13. The average Bonchev–Trinajstić information content (AvgIpc) is 2.88. The number of aliphatic hydroxyl groups excluding tert-OH is 2. The van der Waals surface area contributed by atoms with E-state index in [0.717, 1.165) is 26.3 Å². The molecule has 0 aromatic heterocycles. The molecule has 0 radical (unpaired) electrons. The molecule has 0 aliphatic carbocycles. The first-order valence-electron chi connectivity index (χ1n) is 13.1. The molecule has 3 rings (SSSR count). The van der Waals surface area contributed by atoms with Crippen molar-refractivity contribution in [2.75, 3.05) is 6.61 Å². The monoisotopic (exact) mass is 583 g/mol. The van der Waals surface area contributed by atoms with Crippen molar-refractivity contribution in [3.8, 4) is 0 Å². The second-order valence-electron chi connectivity index (χ2n) is 9.82. The van der Waals surface area contributed by atoms with Crippen LogP contribution in [-0.4, -0.2) is 102 Å². The highest BCUT2D eigenvalue weighted by atomic mass is 16.7. The van der Waals surface area contributed by atoms with Gasteiger partial charge in [0.1, 0.15) is 24.4 Å². The second-order valence-corrected chi connectivity index (χ2v) is 9.82. The zero-order valence-corrected chi connectivity index (χ0v) is 23.5. The molecular weight excluding hydrogens is 546 g/mol. The molecule has 1 amide bonds. The van der Waals surface area contributed by atoms with Gasteiger partial charge < -0.3 is 48.7 Å². The average molecular weight is 584 g/mol. The normalized spacial score (nSPS) is 33.3. The lowest BCUT2D eigenvalue weighted by atomic mass is 9.95. The van der Waals surface area contributed by atoms with Gasteiger partial charge in [0.2, 0.25) is 5.91 Å². The van der Waals surface area contributed by atoms with Crippen molar-refractivity contribution in [3.05, 3.63) is 35.9 Å². The Kier molecular flexibility index (Phi) is 11.6. The van der Waals surface area contributed by atoms with Crippen molar-refractivity contribution in [2.45, 2.75) is 103 Å². The number of benzene rings is 1. The maximum absolute atomic E-state index is 12.0. The Bertz CT molecular complexity index is 1050. The molecule has 1 aromatic rings. The quantitative estimate of drug-likeness (QED) is 0.241. The molecule has 0 unspecified atom stereocenters. The molecule has 41 heavy (non-hydrogen) atoms. The van der Waals surface area contributed by atoms with E-state index >= 15 is 0 Å². The minimum absolute atomic E-state index is 0.153. The van der Waals surface area contributed by atoms with Crippen molar-refractivity contribution in [3.63, 3.8) is 0 Å². The summed E-state index contributed by atoms with van der Waals surface area (Å²) in [7, 11) is 0. The van der Waals surface area contributed by atoms with E-state index in [0.29, 0.717) is 0 Å². The fraction of sp³-hybridized carbons (Fsp3) is 0.630. The van der Waals surface area contributed by atoms with Gasteiger partial charge in [-0.15, -0.1) is 0 Å². The molecule has 0 spiro atoms. The number of rotatable bonds is 10. The van der Waals surface area contributed by atoms with Crippen LogP contribution >= 0.6 is 0 Å². The molecule has 0 bridgehead atoms. The molecule has 10 atom stereocenters. The minimum Gasteiger partial charge on any atom is -0.456 e. The van der Waals surface area contributed by atoms with E-state index in [1.807, 2.05) is 30.3 Å². The number of carbonyl (C=O) groups excluding carboxylic acids is 4. The van der Waals surface area contributed by atoms with E-state index in [-0.39, 0.29) is 13.2 Å². The first-order valence-corrected chi connectivity index (χ1v) is 13.1. The van der Waals surface area contributed by atoms with E-state index in [1.54, 1.807) is 0 Å². The van der Waals surface area contributed by atoms with E-state index in [2.05, 4.69) is 5.32 Å². The van der Waals surface area contributed by atoms with Crippen molar-refractivity contribution >= 4 is 23.8 Å². The smallest absolute Gasteiger partial charge is 0.303 e. The molecule has 228 valence electrons. The highest BCUT2D eigenvalue weighted by Crippen LogP contribution is 2.33. The molecule has 3 N–H and O–H groups in total. The van der Waals surface area contributed by atoms with Crippen molar-refractivity contribution in [1.82, 2.24) is 5.32 Å². The molecule has 2 aliphatic rings. The molecule has 2 aliphatic heterocycles. The van der Waals surface area contributed by atoms with Crippen LogP contribution in [0.25, 0.3) is 0 Å². The summed E-state index contributed by atoms with van der Waals surface area (Å²) < 4.78 is 39.3. The summed E-state index contributed by atoms with van der Waals surface area (Å²) in [5, 5.41) is 24.5. The standard InChI is InChI=1S/C27H37NO13/c1-13-22(37-15(3)30)24(38-16(4)31)25(39-17(5)32)27(36-13)41-23-20(28-14(2)29)26(34)40-19(21(23)33)12-35-11-18-9-7-6-8-10-18/h6-10,13,19-27,33-34H,11-12H2,1-5H3,(H,28,29)/t13-,19+,20+,21+,22+,23+,24+,25-,26+,27-/m0/s1. The SMILES string of the molecule is CC(=O)N[C@@H]1[C@@H](O[C@@H]2O[C@@H](C)[C@@H](OC(C)=O)[C@@H](OC(C)=O)[C@@H]2OC(C)=O)[C@H](O)[C@@H](COCc2ccccc2)O[C@H]1O. The van der Waals surface area contributed by atoms with Crippen LogP contribution in [0.5, 0.6) is 0 Å². The summed E-state index contributed by atoms with van der Waals surface area (Å²) in [5.41, 5.74) is 0.870. The first kappa shape index (κ1) is 32.4. The van der Waals surface area contributed by atoms with Crippen LogP contribution in [0.15, 0.2) is 30.3 Å². The predicted octanol–water partition coefficient (Wildman–Crippen LogP) is -0.289. The van der Waals surface area contributed by atoms with Crippen molar-refractivity contribution in [1.29, 1.82) is 0 Å². The zero-order chi connectivity index (χ0) is 30.3. The van der Waals surface area contributed by atoms with Crippen LogP contribution in [0.2, 0.25) is 0 Å². The highest BCUT2D eigenvalue weighted by molar-refractivity contribution is 5.73. The Morgan fingerprint density at radius 3 is 2.00 bits per heavy atom. The van der Waals surface area contributed by atoms with Gasteiger partial charge in [0, 0.05) is 27.7 Å². The Morgan fingerprint density at radius 1 is 0.829 bits per heavy atom. The Balaban J connectivity index is 1.87. The van der Waals surface area contributed by atoms with E-state index in [1.165, 1.54) is 13.8 Å². The van der Waals surface area contributed by atoms with Crippen LogP contribution in [0.1, 0.15) is 40.2 Å².